The van der Waals surface area contributed by atoms with Gasteiger partial charge in [0.2, 0.25) is 0 Å². The van der Waals surface area contributed by atoms with E-state index in [0.717, 1.165) is 11.1 Å². The summed E-state index contributed by atoms with van der Waals surface area (Å²) in [5.74, 6) is 0.0873. The largest absolute Gasteiger partial charge is 0.330 e. The summed E-state index contributed by atoms with van der Waals surface area (Å²) >= 11 is 23.8. The van der Waals surface area contributed by atoms with Crippen molar-refractivity contribution in [2.45, 2.75) is 13.1 Å². The number of nitrogens with one attached hydrogen (secondary N) is 2. The Morgan fingerprint density at radius 3 is 2.59 bits per heavy atom. The van der Waals surface area contributed by atoms with E-state index in [0.29, 0.717) is 44.8 Å². The van der Waals surface area contributed by atoms with Gasteiger partial charge >= 0.3 is 0 Å². The minimum absolute atomic E-state index is 0.298. The van der Waals surface area contributed by atoms with Crippen molar-refractivity contribution in [3.05, 3.63) is 93.1 Å². The van der Waals surface area contributed by atoms with Crippen LogP contribution in [0.2, 0.25) is 15.1 Å². The van der Waals surface area contributed by atoms with E-state index >= 15 is 0 Å². The second-order valence-corrected chi connectivity index (χ2v) is 8.55. The van der Waals surface area contributed by atoms with Crippen LogP contribution in [0.3, 0.4) is 0 Å². The first-order valence-corrected chi connectivity index (χ1v) is 10.9. The molecule has 164 valence electrons. The second-order valence-electron chi connectivity index (χ2n) is 6.89. The van der Waals surface area contributed by atoms with Gasteiger partial charge in [-0.1, -0.05) is 53.0 Å². The molecule has 6 nitrogen and oxygen atoms in total. The normalized spacial score (nSPS) is 10.9. The highest BCUT2D eigenvalue weighted by Crippen LogP contribution is 2.23. The van der Waals surface area contributed by atoms with E-state index in [4.69, 9.17) is 47.0 Å². The van der Waals surface area contributed by atoms with Crippen LogP contribution < -0.4 is 10.6 Å². The third-order valence-corrected chi connectivity index (χ3v) is 5.49. The molecule has 4 aromatic rings. The van der Waals surface area contributed by atoms with Gasteiger partial charge in [0.05, 0.1) is 25.0 Å². The Labute approximate surface area is 203 Å². The fraction of sp³-hybridized carbons (Fsp3) is 0.0952. The van der Waals surface area contributed by atoms with Crippen LogP contribution in [0.15, 0.2) is 61.1 Å². The summed E-state index contributed by atoms with van der Waals surface area (Å²) in [4.78, 5) is 0. The summed E-state index contributed by atoms with van der Waals surface area (Å²) < 4.78 is 16.7. The Hall–Kier alpha value is -2.65. The Kier molecular flexibility index (Phi) is 6.95. The van der Waals surface area contributed by atoms with Crippen LogP contribution in [-0.2, 0) is 13.1 Å². The minimum atomic E-state index is -0.302. The molecule has 0 radical (unpaired) electrons. The molecule has 2 N–H and O–H groups in total. The molecule has 0 bridgehead atoms. The Morgan fingerprint density at radius 2 is 1.81 bits per heavy atom. The zero-order chi connectivity index (χ0) is 22.7. The number of benzene rings is 2. The maximum atomic E-state index is 13.4. The molecule has 0 amide bonds. The molecule has 4 rings (SSSR count). The van der Waals surface area contributed by atoms with Crippen molar-refractivity contribution in [2.24, 2.45) is 0 Å². The molecule has 0 saturated heterocycles. The van der Waals surface area contributed by atoms with E-state index in [1.165, 1.54) is 12.1 Å². The van der Waals surface area contributed by atoms with Crippen LogP contribution in [0, 0.1) is 5.82 Å². The van der Waals surface area contributed by atoms with Crippen LogP contribution in [0.5, 0.6) is 0 Å². The van der Waals surface area contributed by atoms with Crippen LogP contribution >= 0.6 is 47.0 Å². The highest BCUT2D eigenvalue weighted by atomic mass is 35.5. The van der Waals surface area contributed by atoms with Crippen molar-refractivity contribution in [1.82, 2.24) is 19.6 Å². The molecule has 32 heavy (non-hydrogen) atoms. The third kappa shape index (κ3) is 5.77. The first kappa shape index (κ1) is 22.5. The lowest BCUT2D eigenvalue weighted by molar-refractivity contribution is 0.619. The molecule has 0 atom stereocenters. The number of aromatic nitrogens is 4. The standard InChI is InChI=1S/C21H16Cl3FN6S/c22-15-5-4-14(18(23)7-15)10-30-11-17(8-26-30)27-21(32)28-20-19(24)12-31(29-20)9-13-2-1-3-16(25)6-13/h1-8,11-12H,9-10H2,(H2,27,28,29,32). The van der Waals surface area contributed by atoms with Gasteiger partial charge in [0.25, 0.3) is 0 Å². The van der Waals surface area contributed by atoms with E-state index < -0.39 is 0 Å². The van der Waals surface area contributed by atoms with Gasteiger partial charge in [-0.2, -0.15) is 10.2 Å². The molecule has 0 aliphatic heterocycles. The summed E-state index contributed by atoms with van der Waals surface area (Å²) in [5, 5.41) is 16.5. The first-order valence-electron chi connectivity index (χ1n) is 9.37. The Bertz CT molecular complexity index is 1270. The van der Waals surface area contributed by atoms with Crippen molar-refractivity contribution in [3.8, 4) is 0 Å². The van der Waals surface area contributed by atoms with E-state index in [2.05, 4.69) is 20.8 Å². The number of rotatable bonds is 6. The topological polar surface area (TPSA) is 59.7 Å². The lowest BCUT2D eigenvalue weighted by Crippen LogP contribution is -2.19. The van der Waals surface area contributed by atoms with Gasteiger partial charge in [0, 0.05) is 22.4 Å². The molecule has 2 aromatic heterocycles. The van der Waals surface area contributed by atoms with Crippen molar-refractivity contribution in [2.75, 3.05) is 10.6 Å². The molecule has 11 heteroatoms. The molecule has 0 spiro atoms. The highest BCUT2D eigenvalue weighted by molar-refractivity contribution is 7.80. The zero-order valence-electron chi connectivity index (χ0n) is 16.4. The second kappa shape index (κ2) is 9.87. The molecule has 0 aliphatic rings. The van der Waals surface area contributed by atoms with Crippen molar-refractivity contribution >= 4 is 63.6 Å². The van der Waals surface area contributed by atoms with Gasteiger partial charge in [-0.15, -0.1) is 0 Å². The van der Waals surface area contributed by atoms with Crippen molar-refractivity contribution in [1.29, 1.82) is 0 Å². The predicted octanol–water partition coefficient (Wildman–Crippen LogP) is 6.08. The molecule has 0 saturated carbocycles. The SMILES string of the molecule is Fc1cccc(Cn2cc(Cl)c(NC(=S)Nc3cnn(Cc4ccc(Cl)cc4Cl)c3)n2)c1. The first-order chi connectivity index (χ1) is 15.4. The van der Waals surface area contributed by atoms with Crippen molar-refractivity contribution in [3.63, 3.8) is 0 Å². The summed E-state index contributed by atoms with van der Waals surface area (Å²) in [6.45, 7) is 0.855. The number of hydrogen-bond donors (Lipinski definition) is 2. The number of anilines is 2. The van der Waals surface area contributed by atoms with Crippen LogP contribution in [-0.4, -0.2) is 24.7 Å². The fourth-order valence-electron chi connectivity index (χ4n) is 2.99. The Morgan fingerprint density at radius 1 is 0.969 bits per heavy atom. The van der Waals surface area contributed by atoms with E-state index in [-0.39, 0.29) is 5.82 Å². The highest BCUT2D eigenvalue weighted by Gasteiger charge is 2.11. The monoisotopic (exact) mass is 508 g/mol. The lowest BCUT2D eigenvalue weighted by atomic mass is 10.2. The van der Waals surface area contributed by atoms with E-state index in [9.17, 15) is 4.39 Å². The maximum Gasteiger partial charge on any atom is 0.176 e. The lowest BCUT2D eigenvalue weighted by Gasteiger charge is -2.07. The van der Waals surface area contributed by atoms with Crippen LogP contribution in [0.1, 0.15) is 11.1 Å². The van der Waals surface area contributed by atoms with E-state index in [1.54, 1.807) is 46.2 Å². The molecule has 0 aliphatic carbocycles. The molecular formula is C21H16Cl3FN6S. The average molecular weight is 510 g/mol. The summed E-state index contributed by atoms with van der Waals surface area (Å²) in [5.41, 5.74) is 2.34. The van der Waals surface area contributed by atoms with Crippen LogP contribution in [0.25, 0.3) is 0 Å². The van der Waals surface area contributed by atoms with Crippen LogP contribution in [0.4, 0.5) is 15.9 Å². The quantitative estimate of drug-likeness (QED) is 0.308. The zero-order valence-corrected chi connectivity index (χ0v) is 19.5. The average Bonchev–Trinajstić information content (AvgIpc) is 3.30. The fourth-order valence-corrected chi connectivity index (χ4v) is 3.87. The summed E-state index contributed by atoms with van der Waals surface area (Å²) in [6.07, 6.45) is 5.08. The summed E-state index contributed by atoms with van der Waals surface area (Å²) in [6, 6.07) is 11.6. The number of thiocarbonyl (C=S) groups is 1. The number of nitrogens with zero attached hydrogens (tertiary/aromatic N) is 4. The van der Waals surface area contributed by atoms with Gasteiger partial charge in [0.15, 0.2) is 10.9 Å². The van der Waals surface area contributed by atoms with Gasteiger partial charge in [0.1, 0.15) is 10.8 Å². The maximum absolute atomic E-state index is 13.4. The number of halogens is 4. The van der Waals surface area contributed by atoms with Gasteiger partial charge in [-0.3, -0.25) is 9.36 Å². The Balaban J connectivity index is 1.36. The molecular weight excluding hydrogens is 494 g/mol. The number of hydrogen-bond acceptors (Lipinski definition) is 3. The smallest absolute Gasteiger partial charge is 0.176 e. The van der Waals surface area contributed by atoms with E-state index in [1.807, 2.05) is 12.1 Å². The van der Waals surface area contributed by atoms with Gasteiger partial charge in [-0.25, -0.2) is 4.39 Å². The molecule has 2 aromatic carbocycles. The molecule has 0 unspecified atom stereocenters. The van der Waals surface area contributed by atoms with Gasteiger partial charge in [-0.05, 0) is 47.6 Å². The van der Waals surface area contributed by atoms with Crippen molar-refractivity contribution < 1.29 is 4.39 Å². The third-order valence-electron chi connectivity index (χ3n) is 4.42. The molecule has 0 fully saturated rings. The predicted molar refractivity (Wildman–Crippen MR) is 130 cm³/mol. The van der Waals surface area contributed by atoms with Gasteiger partial charge < -0.3 is 10.6 Å². The molecule has 2 heterocycles. The summed E-state index contributed by atoms with van der Waals surface area (Å²) in [7, 11) is 0. The minimum Gasteiger partial charge on any atom is -0.330 e.